The van der Waals surface area contributed by atoms with Gasteiger partial charge in [-0.1, -0.05) is 28.9 Å². The maximum atomic E-state index is 11.9. The summed E-state index contributed by atoms with van der Waals surface area (Å²) in [6.07, 6.45) is 0. The molecule has 1 aromatic heterocycles. The van der Waals surface area contributed by atoms with Crippen LogP contribution in [0.3, 0.4) is 0 Å². The minimum atomic E-state index is -0.286. The Morgan fingerprint density at radius 2 is 1.87 bits per heavy atom. The van der Waals surface area contributed by atoms with Gasteiger partial charge in [0, 0.05) is 6.07 Å². The number of nitrogens with one attached hydrogen (secondary N) is 2. The molecule has 2 N–H and O–H groups in total. The van der Waals surface area contributed by atoms with Gasteiger partial charge in [0.25, 0.3) is 0 Å². The van der Waals surface area contributed by atoms with E-state index in [1.54, 1.807) is 49.2 Å². The summed E-state index contributed by atoms with van der Waals surface area (Å²) in [6.45, 7) is 1.83. The van der Waals surface area contributed by atoms with Crippen LogP contribution < -0.4 is 10.6 Å². The Labute approximate surface area is 138 Å². The highest BCUT2D eigenvalue weighted by Gasteiger charge is 2.13. The van der Waals surface area contributed by atoms with Crippen LogP contribution in [0.25, 0.3) is 0 Å². The van der Waals surface area contributed by atoms with E-state index in [4.69, 9.17) is 16.1 Å². The van der Waals surface area contributed by atoms with E-state index in [0.29, 0.717) is 22.3 Å². The Morgan fingerprint density at radius 3 is 2.48 bits per heavy atom. The number of anilines is 2. The van der Waals surface area contributed by atoms with Gasteiger partial charge in [-0.25, -0.2) is 0 Å². The summed E-state index contributed by atoms with van der Waals surface area (Å²) in [5, 5.41) is 9.41. The zero-order chi connectivity index (χ0) is 16.8. The second-order valence-corrected chi connectivity index (χ2v) is 5.48. The van der Waals surface area contributed by atoms with Crippen LogP contribution >= 0.6 is 11.6 Å². The van der Waals surface area contributed by atoms with Crippen LogP contribution in [0.15, 0.2) is 34.9 Å². The predicted octanol–water partition coefficient (Wildman–Crippen LogP) is 2.15. The summed E-state index contributed by atoms with van der Waals surface area (Å²) in [6, 6.07) is 8.56. The number of halogens is 1. The molecule has 0 spiro atoms. The monoisotopic (exact) mass is 336 g/mol. The highest BCUT2D eigenvalue weighted by atomic mass is 35.5. The summed E-state index contributed by atoms with van der Waals surface area (Å²) in [4.78, 5) is 25.4. The number of benzene rings is 1. The maximum Gasteiger partial charge on any atom is 0.239 e. The third kappa shape index (κ3) is 5.39. The third-order valence-corrected chi connectivity index (χ3v) is 3.20. The normalized spacial score (nSPS) is 10.6. The van der Waals surface area contributed by atoms with Gasteiger partial charge >= 0.3 is 0 Å². The van der Waals surface area contributed by atoms with Crippen molar-refractivity contribution in [1.82, 2.24) is 10.1 Å². The lowest BCUT2D eigenvalue weighted by molar-refractivity contribution is -0.119. The van der Waals surface area contributed by atoms with E-state index in [1.165, 1.54) is 0 Å². The number of carbonyl (C=O) groups excluding carboxylic acids is 2. The molecule has 8 heteroatoms. The van der Waals surface area contributed by atoms with Crippen molar-refractivity contribution >= 4 is 34.9 Å². The van der Waals surface area contributed by atoms with E-state index >= 15 is 0 Å². The summed E-state index contributed by atoms with van der Waals surface area (Å²) in [7, 11) is 1.67. The summed E-state index contributed by atoms with van der Waals surface area (Å²) in [5.74, 6) is 0.409. The van der Waals surface area contributed by atoms with Gasteiger partial charge in [0.05, 0.1) is 23.8 Å². The molecule has 23 heavy (non-hydrogen) atoms. The number of nitrogens with zero attached hydrogens (tertiary/aromatic N) is 2. The fourth-order valence-corrected chi connectivity index (χ4v) is 2.09. The molecule has 122 valence electrons. The van der Waals surface area contributed by atoms with Crippen molar-refractivity contribution in [2.45, 2.75) is 6.92 Å². The Bertz CT molecular complexity index is 702. The van der Waals surface area contributed by atoms with E-state index < -0.39 is 0 Å². The Kier molecular flexibility index (Phi) is 5.72. The molecular formula is C15H17ClN4O3. The molecule has 7 nitrogen and oxygen atoms in total. The van der Waals surface area contributed by atoms with Crippen LogP contribution in [0.5, 0.6) is 0 Å². The number of amides is 2. The van der Waals surface area contributed by atoms with Crippen molar-refractivity contribution in [2.75, 3.05) is 30.8 Å². The molecule has 0 aliphatic heterocycles. The van der Waals surface area contributed by atoms with Crippen molar-refractivity contribution in [2.24, 2.45) is 0 Å². The molecule has 1 heterocycles. The molecule has 0 unspecified atom stereocenters. The number of likely N-dealkylation sites (N-methyl/N-ethyl adjacent to an activating group) is 1. The highest BCUT2D eigenvalue weighted by Crippen LogP contribution is 2.20. The number of hydrogen-bond donors (Lipinski definition) is 2. The molecule has 1 aromatic carbocycles. The lowest BCUT2D eigenvalue weighted by Crippen LogP contribution is -2.36. The smallest absolute Gasteiger partial charge is 0.239 e. The van der Waals surface area contributed by atoms with Gasteiger partial charge in [-0.2, -0.15) is 0 Å². The molecule has 2 amide bonds. The minimum absolute atomic E-state index is 0.0435. The molecule has 0 saturated carbocycles. The van der Waals surface area contributed by atoms with Crippen LogP contribution in [-0.4, -0.2) is 42.0 Å². The molecular weight excluding hydrogens is 320 g/mol. The van der Waals surface area contributed by atoms with Crippen LogP contribution in [0.4, 0.5) is 11.5 Å². The lowest BCUT2D eigenvalue weighted by atomic mass is 10.3. The average molecular weight is 337 g/mol. The van der Waals surface area contributed by atoms with Crippen molar-refractivity contribution in [3.63, 3.8) is 0 Å². The second-order valence-electron chi connectivity index (χ2n) is 5.07. The van der Waals surface area contributed by atoms with Gasteiger partial charge in [-0.3, -0.25) is 14.5 Å². The molecule has 0 radical (unpaired) electrons. The Balaban J connectivity index is 1.79. The number of hydrogen-bond acceptors (Lipinski definition) is 5. The number of aromatic nitrogens is 1. The SMILES string of the molecule is Cc1cc(NC(=O)CN(C)CC(=O)Nc2ccccc2Cl)no1. The first kappa shape index (κ1) is 17.0. The zero-order valence-corrected chi connectivity index (χ0v) is 13.6. The van der Waals surface area contributed by atoms with E-state index in [1.807, 2.05) is 0 Å². The molecule has 2 aromatic rings. The van der Waals surface area contributed by atoms with Gasteiger partial charge in [-0.05, 0) is 26.1 Å². The average Bonchev–Trinajstić information content (AvgIpc) is 2.86. The van der Waals surface area contributed by atoms with E-state index in [0.717, 1.165) is 0 Å². The number of aryl methyl sites for hydroxylation is 1. The van der Waals surface area contributed by atoms with Crippen molar-refractivity contribution < 1.29 is 14.1 Å². The minimum Gasteiger partial charge on any atom is -0.360 e. The fraction of sp³-hybridized carbons (Fsp3) is 0.267. The standard InChI is InChI=1S/C15H17ClN4O3/c1-10-7-13(19-23-10)18-15(22)9-20(2)8-14(21)17-12-6-4-3-5-11(12)16/h3-7H,8-9H2,1-2H3,(H,17,21)(H,18,19,22). The fourth-order valence-electron chi connectivity index (χ4n) is 1.91. The lowest BCUT2D eigenvalue weighted by Gasteiger charge is -2.15. The molecule has 2 rings (SSSR count). The first-order chi connectivity index (χ1) is 10.9. The number of para-hydroxylation sites is 1. The summed E-state index contributed by atoms with van der Waals surface area (Å²) in [5.41, 5.74) is 0.537. The van der Waals surface area contributed by atoms with Gasteiger partial charge in [0.15, 0.2) is 5.82 Å². The second kappa shape index (κ2) is 7.75. The maximum absolute atomic E-state index is 11.9. The zero-order valence-electron chi connectivity index (χ0n) is 12.8. The van der Waals surface area contributed by atoms with Crippen molar-refractivity contribution in [1.29, 1.82) is 0 Å². The summed E-state index contributed by atoms with van der Waals surface area (Å²) < 4.78 is 4.86. The predicted molar refractivity (Wildman–Crippen MR) is 87.4 cm³/mol. The molecule has 0 aliphatic rings. The van der Waals surface area contributed by atoms with Crippen molar-refractivity contribution in [3.8, 4) is 0 Å². The summed E-state index contributed by atoms with van der Waals surface area (Å²) >= 11 is 5.97. The first-order valence-electron chi connectivity index (χ1n) is 6.90. The van der Waals surface area contributed by atoms with Crippen LogP contribution in [0.1, 0.15) is 5.76 Å². The van der Waals surface area contributed by atoms with Gasteiger partial charge in [0.2, 0.25) is 11.8 Å². The van der Waals surface area contributed by atoms with E-state index in [2.05, 4.69) is 15.8 Å². The molecule has 0 bridgehead atoms. The quantitative estimate of drug-likeness (QED) is 0.844. The van der Waals surface area contributed by atoms with E-state index in [-0.39, 0.29) is 24.9 Å². The Morgan fingerprint density at radius 1 is 1.22 bits per heavy atom. The third-order valence-electron chi connectivity index (χ3n) is 2.87. The van der Waals surface area contributed by atoms with Gasteiger partial charge in [-0.15, -0.1) is 0 Å². The number of carbonyl (C=O) groups is 2. The Hall–Kier alpha value is -2.38. The molecule has 0 fully saturated rings. The van der Waals surface area contributed by atoms with Crippen LogP contribution in [0, 0.1) is 6.92 Å². The first-order valence-corrected chi connectivity index (χ1v) is 7.28. The largest absolute Gasteiger partial charge is 0.360 e. The highest BCUT2D eigenvalue weighted by molar-refractivity contribution is 6.33. The number of rotatable bonds is 6. The molecule has 0 atom stereocenters. The van der Waals surface area contributed by atoms with Gasteiger partial charge in [0.1, 0.15) is 5.76 Å². The van der Waals surface area contributed by atoms with E-state index in [9.17, 15) is 9.59 Å². The van der Waals surface area contributed by atoms with Crippen molar-refractivity contribution in [3.05, 3.63) is 41.1 Å². The van der Waals surface area contributed by atoms with Crippen LogP contribution in [0.2, 0.25) is 5.02 Å². The van der Waals surface area contributed by atoms with Gasteiger partial charge < -0.3 is 15.2 Å². The topological polar surface area (TPSA) is 87.5 Å². The van der Waals surface area contributed by atoms with Crippen LogP contribution in [-0.2, 0) is 9.59 Å². The molecule has 0 aliphatic carbocycles. The molecule has 0 saturated heterocycles.